The van der Waals surface area contributed by atoms with Crippen molar-refractivity contribution in [2.24, 2.45) is 0 Å². The number of anilines is 1. The lowest BCUT2D eigenvalue weighted by atomic mass is 10.1. The van der Waals surface area contributed by atoms with Gasteiger partial charge in [-0.15, -0.1) is 0 Å². The molecule has 0 amide bonds. The first-order valence-corrected chi connectivity index (χ1v) is 7.11. The highest BCUT2D eigenvalue weighted by molar-refractivity contribution is 9.10. The molecule has 2 aromatic rings. The fourth-order valence-corrected chi connectivity index (χ4v) is 2.33. The van der Waals surface area contributed by atoms with Crippen LogP contribution in [-0.4, -0.2) is 14.2 Å². The molecule has 21 heavy (non-hydrogen) atoms. The van der Waals surface area contributed by atoms with Crippen LogP contribution in [0.1, 0.15) is 11.1 Å². The Labute approximate surface area is 132 Å². The lowest BCUT2D eigenvalue weighted by molar-refractivity contribution is 0.410. The molecule has 5 heteroatoms. The van der Waals surface area contributed by atoms with Gasteiger partial charge in [0, 0.05) is 22.6 Å². The van der Waals surface area contributed by atoms with Gasteiger partial charge in [-0.25, -0.2) is 0 Å². The van der Waals surface area contributed by atoms with Crippen LogP contribution in [0.15, 0.2) is 40.9 Å². The van der Waals surface area contributed by atoms with E-state index in [0.29, 0.717) is 12.1 Å². The summed E-state index contributed by atoms with van der Waals surface area (Å²) in [5.74, 6) is 1.53. The summed E-state index contributed by atoms with van der Waals surface area (Å²) in [5.41, 5.74) is 2.45. The highest BCUT2D eigenvalue weighted by Crippen LogP contribution is 2.28. The van der Waals surface area contributed by atoms with Crippen molar-refractivity contribution in [3.8, 4) is 17.6 Å². The summed E-state index contributed by atoms with van der Waals surface area (Å²) >= 11 is 3.50. The number of rotatable bonds is 5. The standard InChI is InChI=1S/C16H15BrN2O2/c1-20-13-4-5-14(17)15(8-13)19-10-12-7-11(9-18)3-6-16(12)21-2/h3-8,19H,10H2,1-2H3. The van der Waals surface area contributed by atoms with E-state index >= 15 is 0 Å². The Hall–Kier alpha value is -2.19. The summed E-state index contributed by atoms with van der Waals surface area (Å²) in [4.78, 5) is 0. The number of halogens is 1. The minimum Gasteiger partial charge on any atom is -0.497 e. The molecular formula is C16H15BrN2O2. The quantitative estimate of drug-likeness (QED) is 0.890. The van der Waals surface area contributed by atoms with Crippen LogP contribution in [0, 0.1) is 11.3 Å². The van der Waals surface area contributed by atoms with Gasteiger partial charge < -0.3 is 14.8 Å². The molecule has 108 valence electrons. The maximum Gasteiger partial charge on any atom is 0.123 e. The second-order valence-corrected chi connectivity index (χ2v) is 5.19. The predicted octanol–water partition coefficient (Wildman–Crippen LogP) is 3.95. The Kier molecular flexibility index (Phi) is 5.07. The van der Waals surface area contributed by atoms with Crippen molar-refractivity contribution in [1.82, 2.24) is 0 Å². The van der Waals surface area contributed by atoms with Gasteiger partial charge in [-0.1, -0.05) is 0 Å². The first-order chi connectivity index (χ1) is 10.2. The molecule has 0 aromatic heterocycles. The van der Waals surface area contributed by atoms with Crippen LogP contribution in [-0.2, 0) is 6.54 Å². The van der Waals surface area contributed by atoms with E-state index in [4.69, 9.17) is 14.7 Å². The van der Waals surface area contributed by atoms with Crippen molar-refractivity contribution < 1.29 is 9.47 Å². The average Bonchev–Trinajstić information content (AvgIpc) is 2.53. The van der Waals surface area contributed by atoms with Gasteiger partial charge >= 0.3 is 0 Å². The summed E-state index contributed by atoms with van der Waals surface area (Å²) < 4.78 is 11.5. The molecular weight excluding hydrogens is 332 g/mol. The normalized spacial score (nSPS) is 9.81. The maximum atomic E-state index is 8.99. The Morgan fingerprint density at radius 3 is 2.62 bits per heavy atom. The predicted molar refractivity (Wildman–Crippen MR) is 85.7 cm³/mol. The summed E-state index contributed by atoms with van der Waals surface area (Å²) in [6.07, 6.45) is 0. The third kappa shape index (κ3) is 3.67. The summed E-state index contributed by atoms with van der Waals surface area (Å²) in [7, 11) is 3.25. The van der Waals surface area contributed by atoms with Crippen LogP contribution in [0.3, 0.4) is 0 Å². The molecule has 0 bridgehead atoms. The number of nitrogens with zero attached hydrogens (tertiary/aromatic N) is 1. The third-order valence-corrected chi connectivity index (χ3v) is 3.74. The minimum atomic E-state index is 0.546. The number of nitrogens with one attached hydrogen (secondary N) is 1. The fraction of sp³-hybridized carbons (Fsp3) is 0.188. The molecule has 0 aliphatic heterocycles. The van der Waals surface area contributed by atoms with E-state index in [0.717, 1.165) is 27.2 Å². The molecule has 4 nitrogen and oxygen atoms in total. The van der Waals surface area contributed by atoms with Crippen molar-refractivity contribution in [3.63, 3.8) is 0 Å². The zero-order valence-electron chi connectivity index (χ0n) is 11.8. The highest BCUT2D eigenvalue weighted by atomic mass is 79.9. The van der Waals surface area contributed by atoms with E-state index in [2.05, 4.69) is 27.3 Å². The first kappa shape index (κ1) is 15.2. The Morgan fingerprint density at radius 2 is 1.95 bits per heavy atom. The number of nitriles is 1. The first-order valence-electron chi connectivity index (χ1n) is 6.32. The van der Waals surface area contributed by atoms with Gasteiger partial charge in [0.05, 0.1) is 31.5 Å². The summed E-state index contributed by atoms with van der Waals surface area (Å²) in [6, 6.07) is 13.2. The third-order valence-electron chi connectivity index (χ3n) is 3.05. The van der Waals surface area contributed by atoms with E-state index in [1.807, 2.05) is 24.3 Å². The number of hydrogen-bond donors (Lipinski definition) is 1. The largest absolute Gasteiger partial charge is 0.497 e. The monoisotopic (exact) mass is 346 g/mol. The lowest BCUT2D eigenvalue weighted by Gasteiger charge is -2.13. The van der Waals surface area contributed by atoms with Crippen LogP contribution in [0.4, 0.5) is 5.69 Å². The molecule has 0 heterocycles. The van der Waals surface area contributed by atoms with Crippen LogP contribution in [0.25, 0.3) is 0 Å². The van der Waals surface area contributed by atoms with Gasteiger partial charge in [-0.05, 0) is 46.3 Å². The van der Waals surface area contributed by atoms with Crippen molar-refractivity contribution in [2.45, 2.75) is 6.54 Å². The Morgan fingerprint density at radius 1 is 1.14 bits per heavy atom. The van der Waals surface area contributed by atoms with Crippen molar-refractivity contribution in [2.75, 3.05) is 19.5 Å². The molecule has 0 saturated carbocycles. The minimum absolute atomic E-state index is 0.546. The second kappa shape index (κ2) is 7.00. The number of hydrogen-bond acceptors (Lipinski definition) is 4. The molecule has 0 fully saturated rings. The molecule has 0 aliphatic carbocycles. The van der Waals surface area contributed by atoms with E-state index in [-0.39, 0.29) is 0 Å². The summed E-state index contributed by atoms with van der Waals surface area (Å²) in [6.45, 7) is 0.546. The highest BCUT2D eigenvalue weighted by Gasteiger charge is 2.07. The fourth-order valence-electron chi connectivity index (χ4n) is 1.94. The molecule has 0 radical (unpaired) electrons. The van der Waals surface area contributed by atoms with Gasteiger partial charge in [-0.2, -0.15) is 5.26 Å². The van der Waals surface area contributed by atoms with Crippen molar-refractivity contribution >= 4 is 21.6 Å². The Bertz CT molecular complexity index is 680. The van der Waals surface area contributed by atoms with Gasteiger partial charge in [0.1, 0.15) is 11.5 Å². The molecule has 0 aliphatic rings. The molecule has 2 aromatic carbocycles. The SMILES string of the molecule is COc1ccc(Br)c(NCc2cc(C#N)ccc2OC)c1. The van der Waals surface area contributed by atoms with Crippen LogP contribution >= 0.6 is 15.9 Å². The van der Waals surface area contributed by atoms with Gasteiger partial charge in [0.25, 0.3) is 0 Å². The zero-order chi connectivity index (χ0) is 15.2. The molecule has 0 spiro atoms. The van der Waals surface area contributed by atoms with Gasteiger partial charge in [0.2, 0.25) is 0 Å². The number of methoxy groups -OCH3 is 2. The van der Waals surface area contributed by atoms with E-state index in [1.54, 1.807) is 26.4 Å². The molecule has 0 atom stereocenters. The average molecular weight is 347 g/mol. The topological polar surface area (TPSA) is 54.3 Å². The van der Waals surface area contributed by atoms with E-state index in [1.165, 1.54) is 0 Å². The molecule has 0 saturated heterocycles. The molecule has 0 unspecified atom stereocenters. The summed E-state index contributed by atoms with van der Waals surface area (Å²) in [5, 5.41) is 12.3. The van der Waals surface area contributed by atoms with Gasteiger partial charge in [-0.3, -0.25) is 0 Å². The maximum absolute atomic E-state index is 8.99. The second-order valence-electron chi connectivity index (χ2n) is 4.34. The van der Waals surface area contributed by atoms with E-state index in [9.17, 15) is 0 Å². The van der Waals surface area contributed by atoms with Crippen molar-refractivity contribution in [1.29, 1.82) is 5.26 Å². The van der Waals surface area contributed by atoms with Crippen LogP contribution in [0.2, 0.25) is 0 Å². The smallest absolute Gasteiger partial charge is 0.123 e. The molecule has 1 N–H and O–H groups in total. The Balaban J connectivity index is 2.22. The van der Waals surface area contributed by atoms with Gasteiger partial charge in [0.15, 0.2) is 0 Å². The number of ether oxygens (including phenoxy) is 2. The lowest BCUT2D eigenvalue weighted by Crippen LogP contribution is -2.03. The van der Waals surface area contributed by atoms with E-state index < -0.39 is 0 Å². The van der Waals surface area contributed by atoms with Crippen molar-refractivity contribution in [3.05, 3.63) is 52.0 Å². The number of benzene rings is 2. The zero-order valence-corrected chi connectivity index (χ0v) is 13.4. The van der Waals surface area contributed by atoms with Crippen LogP contribution < -0.4 is 14.8 Å². The van der Waals surface area contributed by atoms with Crippen LogP contribution in [0.5, 0.6) is 11.5 Å². The molecule has 2 rings (SSSR count).